The van der Waals surface area contributed by atoms with Gasteiger partial charge in [0.1, 0.15) is 11.1 Å². The van der Waals surface area contributed by atoms with E-state index in [0.717, 1.165) is 9.87 Å². The number of carbonyl (C=O) groups is 2. The first-order valence-corrected chi connectivity index (χ1v) is 13.6. The van der Waals surface area contributed by atoms with Gasteiger partial charge < -0.3 is 14.8 Å². The van der Waals surface area contributed by atoms with Crippen LogP contribution in [0.4, 0.5) is 14.5 Å². The average Bonchev–Trinajstić information content (AvgIpc) is 2.78. The number of amides is 1. The molecule has 0 bridgehead atoms. The zero-order valence-corrected chi connectivity index (χ0v) is 23.1. The van der Waals surface area contributed by atoms with Crippen molar-refractivity contribution >= 4 is 27.6 Å². The molecule has 12 heteroatoms. The van der Waals surface area contributed by atoms with Crippen molar-refractivity contribution in [3.63, 3.8) is 0 Å². The summed E-state index contributed by atoms with van der Waals surface area (Å²) in [6.45, 7) is 4.88. The van der Waals surface area contributed by atoms with Gasteiger partial charge in [0, 0.05) is 18.8 Å². The molecule has 38 heavy (non-hydrogen) atoms. The summed E-state index contributed by atoms with van der Waals surface area (Å²) < 4.78 is 62.9. The molecule has 208 valence electrons. The summed E-state index contributed by atoms with van der Waals surface area (Å²) in [6, 6.07) is 10.2. The van der Waals surface area contributed by atoms with E-state index in [4.69, 9.17) is 4.74 Å². The number of hydrogen-bond donors (Lipinski definition) is 1. The van der Waals surface area contributed by atoms with Crippen LogP contribution in [0, 0.1) is 12.3 Å². The van der Waals surface area contributed by atoms with Crippen LogP contribution in [0.25, 0.3) is 0 Å². The molecular weight excluding hydrogens is 520 g/mol. The Bertz CT molecular complexity index is 1310. The van der Waals surface area contributed by atoms with Gasteiger partial charge in [-0.15, -0.1) is 0 Å². The highest BCUT2D eigenvalue weighted by Gasteiger charge is 2.56. The summed E-state index contributed by atoms with van der Waals surface area (Å²) in [7, 11) is -2.78. The second-order valence-corrected chi connectivity index (χ2v) is 12.3. The van der Waals surface area contributed by atoms with E-state index in [9.17, 15) is 26.8 Å². The SMILES string of the molecule is COC(=O)C(C)(C)CS(=O)(=O)N1CC(C(=O)Nc2ccc(C)nc2OC(F)F)(c2ccccc2C(C)C)C1. The minimum atomic E-state index is -3.97. The molecule has 1 fully saturated rings. The molecule has 2 aromatic rings. The number of pyridine rings is 1. The molecule has 1 aliphatic heterocycles. The summed E-state index contributed by atoms with van der Waals surface area (Å²) in [5, 5.41) is 2.64. The van der Waals surface area contributed by atoms with Gasteiger partial charge in [0.25, 0.3) is 0 Å². The summed E-state index contributed by atoms with van der Waals surface area (Å²) >= 11 is 0. The normalized spacial score (nSPS) is 15.7. The van der Waals surface area contributed by atoms with Gasteiger partial charge in [0.05, 0.1) is 18.3 Å². The number of aromatic nitrogens is 1. The van der Waals surface area contributed by atoms with Gasteiger partial charge in [0.15, 0.2) is 0 Å². The Morgan fingerprint density at radius 2 is 1.79 bits per heavy atom. The zero-order valence-electron chi connectivity index (χ0n) is 22.2. The molecule has 1 saturated heterocycles. The van der Waals surface area contributed by atoms with Crippen LogP contribution in [0.2, 0.25) is 0 Å². The van der Waals surface area contributed by atoms with Crippen molar-refractivity contribution < 1.29 is 36.3 Å². The molecule has 0 radical (unpaired) electrons. The maximum absolute atomic E-state index is 13.8. The number of alkyl halides is 2. The fourth-order valence-corrected chi connectivity index (χ4v) is 6.60. The van der Waals surface area contributed by atoms with Crippen molar-refractivity contribution in [2.75, 3.05) is 31.3 Å². The van der Waals surface area contributed by atoms with Crippen LogP contribution in [-0.4, -0.2) is 62.1 Å². The number of rotatable bonds is 10. The van der Waals surface area contributed by atoms with Crippen LogP contribution in [0.5, 0.6) is 5.88 Å². The van der Waals surface area contributed by atoms with Crippen molar-refractivity contribution in [1.82, 2.24) is 9.29 Å². The molecule has 1 aliphatic rings. The molecule has 1 amide bonds. The fourth-order valence-electron chi connectivity index (χ4n) is 4.55. The number of anilines is 1. The number of hydrogen-bond acceptors (Lipinski definition) is 7. The van der Waals surface area contributed by atoms with Crippen LogP contribution in [0.3, 0.4) is 0 Å². The predicted molar refractivity (Wildman–Crippen MR) is 138 cm³/mol. The van der Waals surface area contributed by atoms with E-state index in [1.54, 1.807) is 19.1 Å². The van der Waals surface area contributed by atoms with Crippen molar-refractivity contribution in [1.29, 1.82) is 0 Å². The van der Waals surface area contributed by atoms with E-state index in [2.05, 4.69) is 15.0 Å². The van der Waals surface area contributed by atoms with E-state index >= 15 is 0 Å². The standard InChI is InChI=1S/C26H33F2N3O6S/c1-16(2)18-9-7-8-10-19(18)26(13-31(14-26)38(34,35)15-25(4,5)23(33)36-6)22(32)30-20-12-11-17(3)29-21(20)37-24(27)28/h7-12,16,24H,13-15H2,1-6H3,(H,30,32). The summed E-state index contributed by atoms with van der Waals surface area (Å²) in [6.07, 6.45) is 0. The van der Waals surface area contributed by atoms with Gasteiger partial charge in [-0.05, 0) is 49.9 Å². The van der Waals surface area contributed by atoms with Crippen LogP contribution >= 0.6 is 0 Å². The summed E-state index contributed by atoms with van der Waals surface area (Å²) in [4.78, 5) is 29.9. The topological polar surface area (TPSA) is 115 Å². The quantitative estimate of drug-likeness (QED) is 0.445. The molecule has 1 N–H and O–H groups in total. The number of esters is 1. The lowest BCUT2D eigenvalue weighted by molar-refractivity contribution is -0.149. The number of sulfonamides is 1. The molecule has 3 rings (SSSR count). The van der Waals surface area contributed by atoms with Crippen LogP contribution < -0.4 is 10.1 Å². The van der Waals surface area contributed by atoms with E-state index in [-0.39, 0.29) is 24.7 Å². The van der Waals surface area contributed by atoms with Crippen LogP contribution in [0.15, 0.2) is 36.4 Å². The Morgan fingerprint density at radius 1 is 1.16 bits per heavy atom. The number of nitrogens with zero attached hydrogens (tertiary/aromatic N) is 2. The molecule has 0 saturated carbocycles. The lowest BCUT2D eigenvalue weighted by Crippen LogP contribution is -2.67. The smallest absolute Gasteiger partial charge is 0.388 e. The van der Waals surface area contributed by atoms with Gasteiger partial charge in [-0.1, -0.05) is 38.1 Å². The molecular formula is C26H33F2N3O6S. The number of ether oxygens (including phenoxy) is 2. The Morgan fingerprint density at radius 3 is 2.37 bits per heavy atom. The van der Waals surface area contributed by atoms with Gasteiger partial charge in [-0.2, -0.15) is 13.1 Å². The van der Waals surface area contributed by atoms with Crippen LogP contribution in [-0.2, 0) is 29.8 Å². The highest BCUT2D eigenvalue weighted by atomic mass is 32.2. The first-order valence-electron chi connectivity index (χ1n) is 12.0. The van der Waals surface area contributed by atoms with Crippen molar-refractivity contribution in [2.24, 2.45) is 5.41 Å². The molecule has 0 atom stereocenters. The third kappa shape index (κ3) is 5.96. The fraction of sp³-hybridized carbons (Fsp3) is 0.500. The molecule has 0 spiro atoms. The highest BCUT2D eigenvalue weighted by Crippen LogP contribution is 2.42. The van der Waals surface area contributed by atoms with E-state index in [1.807, 2.05) is 26.0 Å². The molecule has 1 aromatic carbocycles. The largest absolute Gasteiger partial charge is 0.469 e. The number of nitrogens with one attached hydrogen (secondary N) is 1. The molecule has 9 nitrogen and oxygen atoms in total. The molecule has 0 unspecified atom stereocenters. The van der Waals surface area contributed by atoms with Gasteiger partial charge in [-0.25, -0.2) is 13.4 Å². The monoisotopic (exact) mass is 553 g/mol. The van der Waals surface area contributed by atoms with E-state index in [0.29, 0.717) is 11.3 Å². The summed E-state index contributed by atoms with van der Waals surface area (Å²) in [5.41, 5.74) is -0.804. The Kier molecular flexibility index (Phi) is 8.47. The number of methoxy groups -OCH3 is 1. The lowest BCUT2D eigenvalue weighted by atomic mass is 9.71. The van der Waals surface area contributed by atoms with Crippen LogP contribution in [0.1, 0.15) is 50.4 Å². The maximum Gasteiger partial charge on any atom is 0.388 e. The minimum Gasteiger partial charge on any atom is -0.469 e. The number of benzene rings is 1. The number of halogens is 2. The lowest BCUT2D eigenvalue weighted by Gasteiger charge is -2.49. The van der Waals surface area contributed by atoms with E-state index in [1.165, 1.54) is 33.1 Å². The molecule has 0 aliphatic carbocycles. The molecule has 1 aromatic heterocycles. The Hall–Kier alpha value is -3.12. The van der Waals surface area contributed by atoms with Gasteiger partial charge >= 0.3 is 12.6 Å². The Labute approximate surface area is 221 Å². The maximum atomic E-state index is 13.8. The minimum absolute atomic E-state index is 0.0126. The summed E-state index contributed by atoms with van der Waals surface area (Å²) in [5.74, 6) is -2.20. The second-order valence-electron chi connectivity index (χ2n) is 10.4. The third-order valence-electron chi connectivity index (χ3n) is 6.55. The predicted octanol–water partition coefficient (Wildman–Crippen LogP) is 3.84. The van der Waals surface area contributed by atoms with E-state index < -0.39 is 51.0 Å². The van der Waals surface area contributed by atoms with Crippen molar-refractivity contribution in [2.45, 2.75) is 52.6 Å². The average molecular weight is 554 g/mol. The van der Waals surface area contributed by atoms with Gasteiger partial charge in [0.2, 0.25) is 21.8 Å². The second kappa shape index (κ2) is 10.9. The Balaban J connectivity index is 2.00. The highest BCUT2D eigenvalue weighted by molar-refractivity contribution is 7.89. The third-order valence-corrected chi connectivity index (χ3v) is 8.68. The first-order chi connectivity index (χ1) is 17.6. The van der Waals surface area contributed by atoms with Crippen molar-refractivity contribution in [3.8, 4) is 5.88 Å². The zero-order chi connectivity index (χ0) is 28.5. The first kappa shape index (κ1) is 29.4. The number of aryl methyl sites for hydroxylation is 1. The van der Waals surface area contributed by atoms with Gasteiger partial charge in [-0.3, -0.25) is 9.59 Å². The number of carbonyl (C=O) groups excluding carboxylic acids is 2. The molecule has 2 heterocycles. The van der Waals surface area contributed by atoms with Crippen molar-refractivity contribution in [3.05, 3.63) is 53.2 Å².